The van der Waals surface area contributed by atoms with Crippen molar-refractivity contribution in [2.24, 2.45) is 0 Å². The molecule has 0 unspecified atom stereocenters. The summed E-state index contributed by atoms with van der Waals surface area (Å²) in [6, 6.07) is 9.39. The van der Waals surface area contributed by atoms with E-state index in [4.69, 9.17) is 0 Å². The predicted molar refractivity (Wildman–Crippen MR) is 92.8 cm³/mol. The molecule has 1 aliphatic carbocycles. The number of sulfonamides is 1. The Balaban J connectivity index is 1.53. The third-order valence-corrected chi connectivity index (χ3v) is 6.56. The Morgan fingerprint density at radius 2 is 1.79 bits per heavy atom. The zero-order valence-electron chi connectivity index (χ0n) is 14.0. The highest BCUT2D eigenvalue weighted by Gasteiger charge is 2.32. The number of carbonyl (C=O) groups is 1. The summed E-state index contributed by atoms with van der Waals surface area (Å²) in [6.07, 6.45) is 2.15. The van der Waals surface area contributed by atoms with E-state index in [1.807, 2.05) is 37.3 Å². The molecule has 1 N–H and O–H groups in total. The molecule has 1 heterocycles. The van der Waals surface area contributed by atoms with Crippen molar-refractivity contribution in [1.82, 2.24) is 14.5 Å². The molecule has 3 rings (SSSR count). The number of hydrogen-bond donors (Lipinski definition) is 1. The van der Waals surface area contributed by atoms with Crippen LogP contribution in [0.25, 0.3) is 0 Å². The minimum absolute atomic E-state index is 0.0333. The number of nitrogens with one attached hydrogen (secondary N) is 1. The van der Waals surface area contributed by atoms with Gasteiger partial charge >= 0.3 is 0 Å². The molecule has 1 saturated heterocycles. The first kappa shape index (κ1) is 17.4. The van der Waals surface area contributed by atoms with Crippen molar-refractivity contribution < 1.29 is 13.2 Å². The van der Waals surface area contributed by atoms with Gasteiger partial charge in [0.1, 0.15) is 0 Å². The van der Waals surface area contributed by atoms with E-state index in [0.29, 0.717) is 32.2 Å². The molecule has 132 valence electrons. The standard InChI is InChI=1S/C17H25N3O3S/c1-14(17(21)18-16-7-8-16)19-9-11-20(12-10-19)24(22,23)13-15-5-3-2-4-6-15/h2-6,14,16H,7-13H2,1H3,(H,18,21)/t14-/m1/s1. The summed E-state index contributed by atoms with van der Waals surface area (Å²) < 4.78 is 26.6. The molecule has 24 heavy (non-hydrogen) atoms. The smallest absolute Gasteiger partial charge is 0.237 e. The van der Waals surface area contributed by atoms with Crippen LogP contribution in [0.4, 0.5) is 0 Å². The van der Waals surface area contributed by atoms with Crippen LogP contribution in [0.5, 0.6) is 0 Å². The van der Waals surface area contributed by atoms with Gasteiger partial charge in [-0.25, -0.2) is 8.42 Å². The predicted octanol–water partition coefficient (Wildman–Crippen LogP) is 0.801. The number of hydrogen-bond acceptors (Lipinski definition) is 4. The number of nitrogens with zero attached hydrogens (tertiary/aromatic N) is 2. The van der Waals surface area contributed by atoms with Crippen molar-refractivity contribution in [1.29, 1.82) is 0 Å². The van der Waals surface area contributed by atoms with E-state index in [2.05, 4.69) is 10.2 Å². The van der Waals surface area contributed by atoms with Crippen molar-refractivity contribution in [2.75, 3.05) is 26.2 Å². The summed E-state index contributed by atoms with van der Waals surface area (Å²) in [4.78, 5) is 14.2. The van der Waals surface area contributed by atoms with E-state index in [1.54, 1.807) is 4.31 Å². The first-order valence-corrected chi connectivity index (χ1v) is 10.1. The molecule has 1 saturated carbocycles. The molecule has 1 aromatic rings. The lowest BCUT2D eigenvalue weighted by Gasteiger charge is -2.36. The number of rotatable bonds is 6. The fourth-order valence-electron chi connectivity index (χ4n) is 2.96. The van der Waals surface area contributed by atoms with E-state index < -0.39 is 10.0 Å². The maximum absolute atomic E-state index is 12.5. The lowest BCUT2D eigenvalue weighted by Crippen LogP contribution is -2.55. The Kier molecular flexibility index (Phi) is 5.22. The summed E-state index contributed by atoms with van der Waals surface area (Å²) in [5.41, 5.74) is 0.803. The molecule has 2 fully saturated rings. The average Bonchev–Trinajstić information content (AvgIpc) is 3.39. The van der Waals surface area contributed by atoms with Crippen LogP contribution in [-0.2, 0) is 20.6 Å². The first-order valence-electron chi connectivity index (χ1n) is 8.52. The molecule has 1 aromatic carbocycles. The second-order valence-electron chi connectivity index (χ2n) is 6.64. The molecule has 1 atom stereocenters. The highest BCUT2D eigenvalue weighted by molar-refractivity contribution is 7.88. The van der Waals surface area contributed by atoms with Gasteiger partial charge in [-0.05, 0) is 25.3 Å². The van der Waals surface area contributed by atoms with Crippen LogP contribution in [0.2, 0.25) is 0 Å². The second kappa shape index (κ2) is 7.21. The van der Waals surface area contributed by atoms with E-state index >= 15 is 0 Å². The fraction of sp³-hybridized carbons (Fsp3) is 0.588. The quantitative estimate of drug-likeness (QED) is 0.823. The summed E-state index contributed by atoms with van der Waals surface area (Å²) in [7, 11) is -3.31. The van der Waals surface area contributed by atoms with E-state index in [9.17, 15) is 13.2 Å². The van der Waals surface area contributed by atoms with E-state index in [0.717, 1.165) is 18.4 Å². The van der Waals surface area contributed by atoms with Crippen LogP contribution in [0.3, 0.4) is 0 Å². The van der Waals surface area contributed by atoms with Gasteiger partial charge in [0.25, 0.3) is 0 Å². The van der Waals surface area contributed by atoms with Crippen molar-refractivity contribution in [2.45, 2.75) is 37.6 Å². The zero-order valence-corrected chi connectivity index (χ0v) is 14.8. The molecule has 0 spiro atoms. The van der Waals surface area contributed by atoms with Gasteiger partial charge in [0.2, 0.25) is 15.9 Å². The normalized spacial score (nSPS) is 21.4. The number of benzene rings is 1. The van der Waals surface area contributed by atoms with E-state index in [-0.39, 0.29) is 17.7 Å². The molecule has 7 heteroatoms. The van der Waals surface area contributed by atoms with Crippen molar-refractivity contribution in [3.8, 4) is 0 Å². The van der Waals surface area contributed by atoms with Gasteiger partial charge in [-0.3, -0.25) is 9.69 Å². The van der Waals surface area contributed by atoms with Gasteiger partial charge in [0, 0.05) is 32.2 Å². The minimum Gasteiger partial charge on any atom is -0.352 e. The lowest BCUT2D eigenvalue weighted by molar-refractivity contribution is -0.126. The molecule has 2 aliphatic rings. The minimum atomic E-state index is -3.31. The summed E-state index contributed by atoms with van der Waals surface area (Å²) in [5.74, 6) is 0.0871. The summed E-state index contributed by atoms with van der Waals surface area (Å²) in [5, 5.41) is 3.01. The van der Waals surface area contributed by atoms with Crippen LogP contribution in [0.15, 0.2) is 30.3 Å². The van der Waals surface area contributed by atoms with Crippen LogP contribution >= 0.6 is 0 Å². The van der Waals surface area contributed by atoms with Crippen molar-refractivity contribution in [3.05, 3.63) is 35.9 Å². The molecule has 0 aromatic heterocycles. The second-order valence-corrected chi connectivity index (χ2v) is 8.60. The van der Waals surface area contributed by atoms with Gasteiger partial charge in [0.15, 0.2) is 0 Å². The summed E-state index contributed by atoms with van der Waals surface area (Å²) >= 11 is 0. The van der Waals surface area contributed by atoms with Gasteiger partial charge in [-0.15, -0.1) is 0 Å². The number of amides is 1. The SMILES string of the molecule is C[C@H](C(=O)NC1CC1)N1CCN(S(=O)(=O)Cc2ccccc2)CC1. The molecule has 6 nitrogen and oxygen atoms in total. The molecular weight excluding hydrogens is 326 g/mol. The van der Waals surface area contributed by atoms with Crippen LogP contribution in [-0.4, -0.2) is 61.8 Å². The van der Waals surface area contributed by atoms with Crippen LogP contribution in [0, 0.1) is 0 Å². The zero-order chi connectivity index (χ0) is 17.2. The first-order chi connectivity index (χ1) is 11.5. The highest BCUT2D eigenvalue weighted by Crippen LogP contribution is 2.20. The van der Waals surface area contributed by atoms with Crippen LogP contribution < -0.4 is 5.32 Å². The summed E-state index contributed by atoms with van der Waals surface area (Å²) in [6.45, 7) is 3.96. The van der Waals surface area contributed by atoms with Crippen molar-refractivity contribution in [3.63, 3.8) is 0 Å². The van der Waals surface area contributed by atoms with Gasteiger partial charge in [-0.1, -0.05) is 30.3 Å². The topological polar surface area (TPSA) is 69.7 Å². The molecule has 1 amide bonds. The Bertz CT molecular complexity index is 666. The van der Waals surface area contributed by atoms with E-state index in [1.165, 1.54) is 0 Å². The average molecular weight is 351 g/mol. The molecule has 0 radical (unpaired) electrons. The Labute approximate surface area is 143 Å². The lowest BCUT2D eigenvalue weighted by atomic mass is 10.2. The monoisotopic (exact) mass is 351 g/mol. The molecule has 1 aliphatic heterocycles. The van der Waals surface area contributed by atoms with Gasteiger partial charge < -0.3 is 5.32 Å². The molecule has 0 bridgehead atoms. The number of carbonyl (C=O) groups excluding carboxylic acids is 1. The Hall–Kier alpha value is -1.44. The van der Waals surface area contributed by atoms with Gasteiger partial charge in [0.05, 0.1) is 11.8 Å². The maximum atomic E-state index is 12.5. The van der Waals surface area contributed by atoms with Crippen molar-refractivity contribution >= 4 is 15.9 Å². The third kappa shape index (κ3) is 4.34. The Morgan fingerprint density at radius 1 is 1.17 bits per heavy atom. The largest absolute Gasteiger partial charge is 0.352 e. The third-order valence-electron chi connectivity index (χ3n) is 4.71. The van der Waals surface area contributed by atoms with Gasteiger partial charge in [-0.2, -0.15) is 4.31 Å². The fourth-order valence-corrected chi connectivity index (χ4v) is 4.48. The Morgan fingerprint density at radius 3 is 2.38 bits per heavy atom. The highest BCUT2D eigenvalue weighted by atomic mass is 32.2. The maximum Gasteiger partial charge on any atom is 0.237 e. The molecular formula is C17H25N3O3S. The number of piperazine rings is 1. The van der Waals surface area contributed by atoms with Crippen LogP contribution in [0.1, 0.15) is 25.3 Å².